The van der Waals surface area contributed by atoms with Gasteiger partial charge >= 0.3 is 0 Å². The minimum atomic E-state index is -0.559. The minimum absolute atomic E-state index is 0.0416. The summed E-state index contributed by atoms with van der Waals surface area (Å²) >= 11 is 0. The number of morpholine rings is 1. The summed E-state index contributed by atoms with van der Waals surface area (Å²) in [4.78, 5) is 28.6. The lowest BCUT2D eigenvalue weighted by molar-refractivity contribution is -0.384. The number of hydrogen-bond acceptors (Lipinski definition) is 7. The zero-order valence-electron chi connectivity index (χ0n) is 19.4. The largest absolute Gasteiger partial charge is 0.507 e. The number of benzene rings is 2. The second kappa shape index (κ2) is 9.47. The number of phenols is 1. The fourth-order valence-electron chi connectivity index (χ4n) is 4.92. The molecule has 0 bridgehead atoms. The summed E-state index contributed by atoms with van der Waals surface area (Å²) in [6, 6.07) is 11.0. The molecule has 2 aromatic carbocycles. The summed E-state index contributed by atoms with van der Waals surface area (Å²) in [6.07, 6.45) is 0.750. The molecule has 3 heterocycles. The summed E-state index contributed by atoms with van der Waals surface area (Å²) < 4.78 is 5.41. The normalized spacial score (nSPS) is 18.1. The van der Waals surface area contributed by atoms with Crippen LogP contribution in [0, 0.1) is 17.0 Å². The van der Waals surface area contributed by atoms with Crippen molar-refractivity contribution in [3.63, 3.8) is 0 Å². The Kier molecular flexibility index (Phi) is 6.23. The molecule has 10 heteroatoms. The number of aromatic amines is 1. The second-order valence-corrected chi connectivity index (χ2v) is 8.94. The molecule has 0 radical (unpaired) electrons. The molecule has 2 aliphatic heterocycles. The zero-order chi connectivity index (χ0) is 24.5. The van der Waals surface area contributed by atoms with Crippen LogP contribution in [-0.2, 0) is 4.74 Å². The van der Waals surface area contributed by atoms with Gasteiger partial charge in [-0.15, -0.1) is 0 Å². The Balaban J connectivity index is 1.53. The summed E-state index contributed by atoms with van der Waals surface area (Å²) in [6.45, 7) is 6.36. The molecule has 1 amide bonds. The summed E-state index contributed by atoms with van der Waals surface area (Å²) in [5, 5.41) is 29.3. The standard InChI is InChI=1S/C25H27N5O5/c1-16-6-7-20(31)19(14-16)22-21-23(27-26-22)25(32)29(9-3-8-28-10-12-35-13-11-28)24(21)17-4-2-5-18(15-17)30(33)34/h2,4-7,14-15,24,31H,3,8-13H2,1H3,(H,26,27)/t24-/m1/s1. The number of aromatic nitrogens is 2. The van der Waals surface area contributed by atoms with Crippen molar-refractivity contribution in [3.05, 3.63) is 75.0 Å². The van der Waals surface area contributed by atoms with Crippen LogP contribution in [0.15, 0.2) is 42.5 Å². The molecule has 35 heavy (non-hydrogen) atoms. The average molecular weight is 478 g/mol. The SMILES string of the molecule is Cc1ccc(O)c(-c2n[nH]c3c2[C@@H](c2cccc([N+](=O)[O-])c2)N(CCCN2CCOCC2)C3=O)c1. The van der Waals surface area contributed by atoms with Gasteiger partial charge in [-0.1, -0.05) is 23.8 Å². The number of fused-ring (bicyclic) bond motifs is 1. The van der Waals surface area contributed by atoms with Crippen molar-refractivity contribution < 1.29 is 19.6 Å². The summed E-state index contributed by atoms with van der Waals surface area (Å²) in [5.74, 6) is -0.148. The van der Waals surface area contributed by atoms with Gasteiger partial charge in [-0.05, 0) is 31.0 Å². The number of carbonyl (C=O) groups is 1. The van der Waals surface area contributed by atoms with Crippen molar-refractivity contribution >= 4 is 11.6 Å². The number of amides is 1. The molecule has 0 aliphatic carbocycles. The van der Waals surface area contributed by atoms with E-state index >= 15 is 0 Å². The molecule has 3 aromatic rings. The molecule has 2 N–H and O–H groups in total. The van der Waals surface area contributed by atoms with Crippen molar-refractivity contribution in [1.29, 1.82) is 0 Å². The van der Waals surface area contributed by atoms with Gasteiger partial charge in [0.1, 0.15) is 17.1 Å². The molecule has 0 spiro atoms. The molecule has 0 saturated carbocycles. The molecule has 0 unspecified atom stereocenters. The van der Waals surface area contributed by atoms with Crippen molar-refractivity contribution in [1.82, 2.24) is 20.0 Å². The number of rotatable bonds is 7. The smallest absolute Gasteiger partial charge is 0.273 e. The Bertz CT molecular complexity index is 1270. The first-order valence-corrected chi connectivity index (χ1v) is 11.7. The van der Waals surface area contributed by atoms with E-state index in [0.717, 1.165) is 31.6 Å². The van der Waals surface area contributed by atoms with E-state index in [4.69, 9.17) is 4.74 Å². The zero-order valence-corrected chi connectivity index (χ0v) is 19.4. The van der Waals surface area contributed by atoms with Gasteiger partial charge in [0, 0.05) is 49.4 Å². The third-order valence-corrected chi connectivity index (χ3v) is 6.64. The molecule has 182 valence electrons. The molecule has 10 nitrogen and oxygen atoms in total. The van der Waals surface area contributed by atoms with Crippen LogP contribution in [0.1, 0.15) is 39.6 Å². The van der Waals surface area contributed by atoms with Crippen LogP contribution >= 0.6 is 0 Å². The van der Waals surface area contributed by atoms with Gasteiger partial charge in [0.05, 0.1) is 24.2 Å². The third-order valence-electron chi connectivity index (χ3n) is 6.64. The number of nitro groups is 1. The monoisotopic (exact) mass is 477 g/mol. The Morgan fingerprint density at radius 3 is 2.77 bits per heavy atom. The average Bonchev–Trinajstić information content (AvgIpc) is 3.40. The Morgan fingerprint density at radius 1 is 1.20 bits per heavy atom. The maximum Gasteiger partial charge on any atom is 0.273 e. The first-order chi connectivity index (χ1) is 16.9. The maximum atomic E-state index is 13.5. The van der Waals surface area contributed by atoms with Crippen LogP contribution in [0.5, 0.6) is 5.75 Å². The number of aromatic hydroxyl groups is 1. The van der Waals surface area contributed by atoms with E-state index < -0.39 is 11.0 Å². The quantitative estimate of drug-likeness (QED) is 0.395. The van der Waals surface area contributed by atoms with Crippen LogP contribution in [-0.4, -0.2) is 75.3 Å². The molecule has 1 fully saturated rings. The van der Waals surface area contributed by atoms with Crippen molar-refractivity contribution in [2.45, 2.75) is 19.4 Å². The summed E-state index contributed by atoms with van der Waals surface area (Å²) in [5.41, 5.74) is 3.50. The predicted molar refractivity (Wildman–Crippen MR) is 128 cm³/mol. The van der Waals surface area contributed by atoms with Crippen molar-refractivity contribution in [2.75, 3.05) is 39.4 Å². The van der Waals surface area contributed by atoms with Gasteiger partial charge in [-0.2, -0.15) is 5.10 Å². The molecule has 1 atom stereocenters. The number of aryl methyl sites for hydroxylation is 1. The lowest BCUT2D eigenvalue weighted by Crippen LogP contribution is -2.38. The van der Waals surface area contributed by atoms with E-state index in [1.165, 1.54) is 12.1 Å². The van der Waals surface area contributed by atoms with Crippen molar-refractivity contribution in [3.8, 4) is 17.0 Å². The number of carbonyl (C=O) groups excluding carboxylic acids is 1. The highest BCUT2D eigenvalue weighted by atomic mass is 16.6. The van der Waals surface area contributed by atoms with E-state index in [2.05, 4.69) is 15.1 Å². The van der Waals surface area contributed by atoms with Crippen molar-refractivity contribution in [2.24, 2.45) is 0 Å². The van der Waals surface area contributed by atoms with E-state index in [1.54, 1.807) is 29.2 Å². The molecular weight excluding hydrogens is 450 g/mol. The molecule has 5 rings (SSSR count). The second-order valence-electron chi connectivity index (χ2n) is 8.94. The number of hydrogen-bond donors (Lipinski definition) is 2. The van der Waals surface area contributed by atoms with Gasteiger partial charge < -0.3 is 14.7 Å². The number of nitrogens with one attached hydrogen (secondary N) is 1. The number of non-ortho nitro benzene ring substituents is 1. The van der Waals surface area contributed by atoms with Crippen LogP contribution in [0.25, 0.3) is 11.3 Å². The first-order valence-electron chi connectivity index (χ1n) is 11.7. The highest BCUT2D eigenvalue weighted by molar-refractivity contribution is 6.00. The van der Waals surface area contributed by atoms with Crippen LogP contribution in [0.4, 0.5) is 5.69 Å². The van der Waals surface area contributed by atoms with Crippen LogP contribution < -0.4 is 0 Å². The number of nitro benzene ring substituents is 1. The molecule has 1 aromatic heterocycles. The van der Waals surface area contributed by atoms with Gasteiger partial charge in [0.25, 0.3) is 11.6 Å². The van der Waals surface area contributed by atoms with Gasteiger partial charge in [-0.25, -0.2) is 0 Å². The molecule has 1 saturated heterocycles. The predicted octanol–water partition coefficient (Wildman–Crippen LogP) is 3.27. The number of ether oxygens (including phenoxy) is 1. The Labute approximate surface area is 202 Å². The van der Waals surface area contributed by atoms with Gasteiger partial charge in [-0.3, -0.25) is 24.9 Å². The van der Waals surface area contributed by atoms with E-state index in [-0.39, 0.29) is 17.3 Å². The van der Waals surface area contributed by atoms with Gasteiger partial charge in [0.2, 0.25) is 0 Å². The van der Waals surface area contributed by atoms with E-state index in [9.17, 15) is 20.0 Å². The fourth-order valence-corrected chi connectivity index (χ4v) is 4.92. The Morgan fingerprint density at radius 2 is 2.00 bits per heavy atom. The topological polar surface area (TPSA) is 125 Å². The highest BCUT2D eigenvalue weighted by Crippen LogP contribution is 2.45. The number of nitrogens with zero attached hydrogens (tertiary/aromatic N) is 4. The lowest BCUT2D eigenvalue weighted by Gasteiger charge is -2.29. The minimum Gasteiger partial charge on any atom is -0.507 e. The molecular formula is C25H27N5O5. The summed E-state index contributed by atoms with van der Waals surface area (Å²) in [7, 11) is 0. The number of phenolic OH excluding ortho intramolecular Hbond substituents is 1. The van der Waals surface area contributed by atoms with Gasteiger partial charge in [0.15, 0.2) is 0 Å². The first kappa shape index (κ1) is 23.0. The molecule has 2 aliphatic rings. The number of H-pyrrole nitrogens is 1. The van der Waals surface area contributed by atoms with Crippen LogP contribution in [0.3, 0.4) is 0 Å². The Hall–Kier alpha value is -3.76. The highest BCUT2D eigenvalue weighted by Gasteiger charge is 2.42. The van der Waals surface area contributed by atoms with Crippen LogP contribution in [0.2, 0.25) is 0 Å². The fraction of sp³-hybridized carbons (Fsp3) is 0.360. The third kappa shape index (κ3) is 4.38. The van der Waals surface area contributed by atoms with E-state index in [0.29, 0.717) is 47.8 Å². The lowest BCUT2D eigenvalue weighted by atomic mass is 9.94. The maximum absolute atomic E-state index is 13.5. The van der Waals surface area contributed by atoms with E-state index in [1.807, 2.05) is 13.0 Å².